The smallest absolute Gasteiger partial charge is 0.265 e. The number of hydrogen-bond donors (Lipinski definition) is 0. The number of aromatic nitrogens is 1. The maximum absolute atomic E-state index is 12.4. The second kappa shape index (κ2) is 4.46. The van der Waals surface area contributed by atoms with E-state index in [4.69, 9.17) is 11.6 Å². The SMILES string of the molecule is Cc1ncc(C(F)F)c(CCl)c1C=O. The van der Waals surface area contributed by atoms with Crippen molar-refractivity contribution in [2.45, 2.75) is 19.2 Å². The van der Waals surface area contributed by atoms with Crippen molar-refractivity contribution in [2.75, 3.05) is 0 Å². The van der Waals surface area contributed by atoms with Crippen LogP contribution in [0.15, 0.2) is 6.20 Å². The lowest BCUT2D eigenvalue weighted by Crippen LogP contribution is -2.03. The predicted octanol–water partition coefficient (Wildman–Crippen LogP) is 2.88. The molecule has 1 heterocycles. The lowest BCUT2D eigenvalue weighted by molar-refractivity contribution is 0.112. The van der Waals surface area contributed by atoms with Gasteiger partial charge >= 0.3 is 0 Å². The monoisotopic (exact) mass is 219 g/mol. The quantitative estimate of drug-likeness (QED) is 0.578. The van der Waals surface area contributed by atoms with E-state index in [0.717, 1.165) is 6.20 Å². The minimum Gasteiger partial charge on any atom is -0.298 e. The summed E-state index contributed by atoms with van der Waals surface area (Å²) in [5, 5.41) is 0. The van der Waals surface area contributed by atoms with E-state index < -0.39 is 6.43 Å². The molecule has 0 spiro atoms. The van der Waals surface area contributed by atoms with Gasteiger partial charge < -0.3 is 0 Å². The van der Waals surface area contributed by atoms with Gasteiger partial charge in [0, 0.05) is 28.9 Å². The number of aldehydes is 1. The number of halogens is 3. The molecule has 0 N–H and O–H groups in total. The summed E-state index contributed by atoms with van der Waals surface area (Å²) in [5.41, 5.74) is 0.481. The molecule has 76 valence electrons. The summed E-state index contributed by atoms with van der Waals surface area (Å²) in [7, 11) is 0. The second-order valence-electron chi connectivity index (χ2n) is 2.74. The van der Waals surface area contributed by atoms with Crippen LogP contribution in [0.1, 0.15) is 33.6 Å². The average Bonchev–Trinajstić information content (AvgIpc) is 2.16. The first-order chi connectivity index (χ1) is 6.61. The number of nitrogens with zero attached hydrogens (tertiary/aromatic N) is 1. The number of carbonyl (C=O) groups is 1. The molecule has 0 atom stereocenters. The highest BCUT2D eigenvalue weighted by Gasteiger charge is 2.17. The van der Waals surface area contributed by atoms with Crippen LogP contribution in [0.3, 0.4) is 0 Å². The van der Waals surface area contributed by atoms with Crippen LogP contribution in [0.4, 0.5) is 8.78 Å². The normalized spacial score (nSPS) is 10.6. The van der Waals surface area contributed by atoms with Crippen LogP contribution in [0.2, 0.25) is 0 Å². The molecular formula is C9H8ClF2NO. The van der Waals surface area contributed by atoms with E-state index in [9.17, 15) is 13.6 Å². The van der Waals surface area contributed by atoms with E-state index in [0.29, 0.717) is 12.0 Å². The van der Waals surface area contributed by atoms with E-state index in [1.54, 1.807) is 6.92 Å². The third kappa shape index (κ3) is 1.90. The lowest BCUT2D eigenvalue weighted by atomic mass is 10.0. The zero-order chi connectivity index (χ0) is 10.7. The first-order valence-corrected chi connectivity index (χ1v) is 4.43. The minimum atomic E-state index is -2.66. The number of aryl methyl sites for hydroxylation is 1. The minimum absolute atomic E-state index is 0.114. The molecule has 0 radical (unpaired) electrons. The first-order valence-electron chi connectivity index (χ1n) is 3.89. The van der Waals surface area contributed by atoms with Crippen molar-refractivity contribution in [1.29, 1.82) is 0 Å². The number of rotatable bonds is 3. The number of alkyl halides is 3. The fraction of sp³-hybridized carbons (Fsp3) is 0.333. The Bertz CT molecular complexity index is 355. The lowest BCUT2D eigenvalue weighted by Gasteiger charge is -2.09. The van der Waals surface area contributed by atoms with Crippen LogP contribution >= 0.6 is 11.6 Å². The van der Waals surface area contributed by atoms with Crippen molar-refractivity contribution < 1.29 is 13.6 Å². The van der Waals surface area contributed by atoms with Gasteiger partial charge in [0.1, 0.15) is 0 Å². The van der Waals surface area contributed by atoms with Gasteiger partial charge in [-0.25, -0.2) is 8.78 Å². The van der Waals surface area contributed by atoms with Crippen molar-refractivity contribution in [2.24, 2.45) is 0 Å². The molecule has 1 rings (SSSR count). The molecule has 5 heteroatoms. The van der Waals surface area contributed by atoms with Gasteiger partial charge in [0.05, 0.1) is 0 Å². The van der Waals surface area contributed by atoms with Crippen molar-refractivity contribution in [3.05, 3.63) is 28.6 Å². The summed E-state index contributed by atoms with van der Waals surface area (Å²) in [6.07, 6.45) is -1.09. The zero-order valence-electron chi connectivity index (χ0n) is 7.43. The molecule has 2 nitrogen and oxygen atoms in total. The van der Waals surface area contributed by atoms with Crippen LogP contribution in [0.25, 0.3) is 0 Å². The summed E-state index contributed by atoms with van der Waals surface area (Å²) in [6, 6.07) is 0. The molecule has 0 bridgehead atoms. The molecule has 14 heavy (non-hydrogen) atoms. The average molecular weight is 220 g/mol. The fourth-order valence-electron chi connectivity index (χ4n) is 1.18. The van der Waals surface area contributed by atoms with Crippen LogP contribution in [-0.4, -0.2) is 11.3 Å². The topological polar surface area (TPSA) is 30.0 Å². The van der Waals surface area contributed by atoms with Crippen LogP contribution in [0, 0.1) is 6.92 Å². The van der Waals surface area contributed by atoms with E-state index >= 15 is 0 Å². The van der Waals surface area contributed by atoms with Crippen molar-refractivity contribution >= 4 is 17.9 Å². The van der Waals surface area contributed by atoms with Crippen LogP contribution < -0.4 is 0 Å². The highest BCUT2D eigenvalue weighted by Crippen LogP contribution is 2.26. The number of carbonyl (C=O) groups excluding carboxylic acids is 1. The van der Waals surface area contributed by atoms with Gasteiger partial charge in [-0.2, -0.15) is 0 Å². The number of pyridine rings is 1. The maximum atomic E-state index is 12.4. The van der Waals surface area contributed by atoms with Crippen LogP contribution in [-0.2, 0) is 5.88 Å². The van der Waals surface area contributed by atoms with E-state index in [-0.39, 0.29) is 22.6 Å². The Morgan fingerprint density at radius 2 is 2.29 bits per heavy atom. The molecule has 0 saturated carbocycles. The van der Waals surface area contributed by atoms with E-state index in [1.165, 1.54) is 0 Å². The Hall–Kier alpha value is -1.03. The van der Waals surface area contributed by atoms with Gasteiger partial charge in [-0.3, -0.25) is 9.78 Å². The van der Waals surface area contributed by atoms with E-state index in [1.807, 2.05) is 0 Å². The highest BCUT2D eigenvalue weighted by molar-refractivity contribution is 6.17. The Morgan fingerprint density at radius 3 is 2.71 bits per heavy atom. The fourth-order valence-corrected chi connectivity index (χ4v) is 1.48. The van der Waals surface area contributed by atoms with Gasteiger partial charge in [0.25, 0.3) is 6.43 Å². The maximum Gasteiger partial charge on any atom is 0.265 e. The third-order valence-electron chi connectivity index (χ3n) is 1.95. The van der Waals surface area contributed by atoms with Gasteiger partial charge in [0.2, 0.25) is 0 Å². The third-order valence-corrected chi connectivity index (χ3v) is 2.21. The summed E-state index contributed by atoms with van der Waals surface area (Å²) >= 11 is 5.51. The number of hydrogen-bond acceptors (Lipinski definition) is 2. The van der Waals surface area contributed by atoms with E-state index in [2.05, 4.69) is 4.98 Å². The second-order valence-corrected chi connectivity index (χ2v) is 3.01. The van der Waals surface area contributed by atoms with Gasteiger partial charge in [-0.05, 0) is 12.5 Å². The Labute approximate surface area is 84.9 Å². The molecule has 0 fully saturated rings. The molecule has 1 aromatic rings. The summed E-state index contributed by atoms with van der Waals surface area (Å²) in [5.74, 6) is -0.114. The molecule has 0 unspecified atom stereocenters. The van der Waals surface area contributed by atoms with Crippen LogP contribution in [0.5, 0.6) is 0 Å². The Balaban J connectivity index is 3.40. The molecule has 0 aliphatic carbocycles. The molecule has 0 aliphatic rings. The van der Waals surface area contributed by atoms with Crippen molar-refractivity contribution in [3.63, 3.8) is 0 Å². The molecular weight excluding hydrogens is 212 g/mol. The summed E-state index contributed by atoms with van der Waals surface area (Å²) < 4.78 is 24.9. The Morgan fingerprint density at radius 1 is 1.64 bits per heavy atom. The van der Waals surface area contributed by atoms with Gasteiger partial charge in [-0.15, -0.1) is 11.6 Å². The van der Waals surface area contributed by atoms with Crippen molar-refractivity contribution in [1.82, 2.24) is 4.98 Å². The largest absolute Gasteiger partial charge is 0.298 e. The van der Waals surface area contributed by atoms with Crippen molar-refractivity contribution in [3.8, 4) is 0 Å². The molecule has 1 aromatic heterocycles. The predicted molar refractivity (Wildman–Crippen MR) is 48.9 cm³/mol. The standard InChI is InChI=1S/C9H8ClF2NO/c1-5-8(4-14)6(2-10)7(3-13-5)9(11)12/h3-4,9H,2H2,1H3. The summed E-state index contributed by atoms with van der Waals surface area (Å²) in [4.78, 5) is 14.3. The Kier molecular flexibility index (Phi) is 3.52. The molecule has 0 aliphatic heterocycles. The molecule has 0 aromatic carbocycles. The highest BCUT2D eigenvalue weighted by atomic mass is 35.5. The van der Waals surface area contributed by atoms with Gasteiger partial charge in [-0.1, -0.05) is 0 Å². The molecule has 0 amide bonds. The summed E-state index contributed by atoms with van der Waals surface area (Å²) in [6.45, 7) is 1.58. The first kappa shape index (κ1) is 11.0. The molecule has 0 saturated heterocycles. The zero-order valence-corrected chi connectivity index (χ0v) is 8.18. The van der Waals surface area contributed by atoms with Gasteiger partial charge in [0.15, 0.2) is 6.29 Å².